The lowest BCUT2D eigenvalue weighted by molar-refractivity contribution is -0.459. The molecule has 0 aromatic rings. The summed E-state index contributed by atoms with van der Waals surface area (Å²) in [4.78, 5) is 9.31. The molecule has 0 saturated carbocycles. The van der Waals surface area contributed by atoms with E-state index >= 15 is 0 Å². The SMILES string of the molecule is NCCCOC1OOC(CO)C(O)C1O. The zero-order valence-electron chi connectivity index (χ0n) is 8.28. The van der Waals surface area contributed by atoms with Crippen LogP contribution in [0.25, 0.3) is 0 Å². The van der Waals surface area contributed by atoms with E-state index in [1.54, 1.807) is 0 Å². The molecular formula is C8H17NO6. The Balaban J connectivity index is 2.35. The van der Waals surface area contributed by atoms with Gasteiger partial charge in [0.2, 0.25) is 6.29 Å². The summed E-state index contributed by atoms with van der Waals surface area (Å²) in [5.41, 5.74) is 5.25. The van der Waals surface area contributed by atoms with E-state index in [2.05, 4.69) is 9.78 Å². The van der Waals surface area contributed by atoms with E-state index in [-0.39, 0.29) is 0 Å². The Morgan fingerprint density at radius 3 is 2.53 bits per heavy atom. The number of aliphatic hydroxyl groups is 3. The highest BCUT2D eigenvalue weighted by molar-refractivity contribution is 4.80. The van der Waals surface area contributed by atoms with Gasteiger partial charge in [-0.3, -0.25) is 0 Å². The maximum atomic E-state index is 9.52. The lowest BCUT2D eigenvalue weighted by Gasteiger charge is -2.34. The zero-order valence-corrected chi connectivity index (χ0v) is 8.28. The molecule has 0 aromatic heterocycles. The van der Waals surface area contributed by atoms with E-state index in [1.807, 2.05) is 0 Å². The second-order valence-electron chi connectivity index (χ2n) is 3.28. The molecule has 1 saturated heterocycles. The van der Waals surface area contributed by atoms with Crippen molar-refractivity contribution in [2.24, 2.45) is 5.73 Å². The average molecular weight is 223 g/mol. The van der Waals surface area contributed by atoms with E-state index in [0.29, 0.717) is 19.6 Å². The summed E-state index contributed by atoms with van der Waals surface area (Å²) in [5.74, 6) is 0. The molecule has 5 N–H and O–H groups in total. The number of nitrogens with two attached hydrogens (primary N) is 1. The van der Waals surface area contributed by atoms with Crippen molar-refractivity contribution in [3.8, 4) is 0 Å². The van der Waals surface area contributed by atoms with Gasteiger partial charge < -0.3 is 25.8 Å². The van der Waals surface area contributed by atoms with Gasteiger partial charge in [0.25, 0.3) is 0 Å². The minimum Gasteiger partial charge on any atom is -0.393 e. The molecule has 7 heteroatoms. The van der Waals surface area contributed by atoms with Gasteiger partial charge >= 0.3 is 0 Å². The number of hydrogen-bond donors (Lipinski definition) is 4. The van der Waals surface area contributed by atoms with E-state index in [9.17, 15) is 10.2 Å². The molecule has 15 heavy (non-hydrogen) atoms. The smallest absolute Gasteiger partial charge is 0.220 e. The van der Waals surface area contributed by atoms with E-state index in [1.165, 1.54) is 0 Å². The highest BCUT2D eigenvalue weighted by Crippen LogP contribution is 2.18. The minimum absolute atomic E-state index is 0.304. The Kier molecular flexibility index (Phi) is 5.40. The predicted molar refractivity (Wildman–Crippen MR) is 48.5 cm³/mol. The van der Waals surface area contributed by atoms with Crippen LogP contribution in [0.15, 0.2) is 0 Å². The van der Waals surface area contributed by atoms with Crippen LogP contribution in [0.4, 0.5) is 0 Å². The van der Waals surface area contributed by atoms with E-state index in [0.717, 1.165) is 0 Å². The largest absolute Gasteiger partial charge is 0.393 e. The molecule has 4 unspecified atom stereocenters. The summed E-state index contributed by atoms with van der Waals surface area (Å²) in [6.45, 7) is 0.331. The number of aliphatic hydroxyl groups excluding tert-OH is 3. The second kappa shape index (κ2) is 6.33. The van der Waals surface area contributed by atoms with Crippen LogP contribution in [0.2, 0.25) is 0 Å². The number of rotatable bonds is 5. The first-order chi connectivity index (χ1) is 7.20. The second-order valence-corrected chi connectivity index (χ2v) is 3.28. The van der Waals surface area contributed by atoms with Crippen molar-refractivity contribution < 1.29 is 29.8 Å². The van der Waals surface area contributed by atoms with Gasteiger partial charge in [0.15, 0.2) is 0 Å². The summed E-state index contributed by atoms with van der Waals surface area (Å²) < 4.78 is 5.08. The third-order valence-corrected chi connectivity index (χ3v) is 2.09. The van der Waals surface area contributed by atoms with Crippen LogP contribution in [-0.2, 0) is 14.5 Å². The Bertz CT molecular complexity index is 179. The normalized spacial score (nSPS) is 36.8. The van der Waals surface area contributed by atoms with Crippen LogP contribution in [0, 0.1) is 0 Å². The fourth-order valence-electron chi connectivity index (χ4n) is 1.17. The molecule has 0 bridgehead atoms. The van der Waals surface area contributed by atoms with Gasteiger partial charge in [-0.25, -0.2) is 9.78 Å². The predicted octanol–water partition coefficient (Wildman–Crippen LogP) is -2.28. The average Bonchev–Trinajstić information content (AvgIpc) is 2.25. The first kappa shape index (κ1) is 12.8. The molecule has 0 aliphatic carbocycles. The van der Waals surface area contributed by atoms with Crippen molar-refractivity contribution in [1.82, 2.24) is 0 Å². The minimum atomic E-state index is -1.24. The van der Waals surface area contributed by atoms with Crippen molar-refractivity contribution in [2.75, 3.05) is 19.8 Å². The molecule has 90 valence electrons. The molecule has 0 spiro atoms. The van der Waals surface area contributed by atoms with Gasteiger partial charge in [-0.2, -0.15) is 0 Å². The van der Waals surface area contributed by atoms with Crippen molar-refractivity contribution >= 4 is 0 Å². The van der Waals surface area contributed by atoms with Gasteiger partial charge in [-0.15, -0.1) is 0 Å². The van der Waals surface area contributed by atoms with Crippen LogP contribution in [0.5, 0.6) is 0 Å². The molecule has 4 atom stereocenters. The van der Waals surface area contributed by atoms with Gasteiger partial charge in [0.05, 0.1) is 13.2 Å². The Labute approximate surface area is 87.3 Å². The van der Waals surface area contributed by atoms with Crippen LogP contribution in [0.1, 0.15) is 6.42 Å². The molecule has 0 amide bonds. The first-order valence-corrected chi connectivity index (χ1v) is 4.81. The lowest BCUT2D eigenvalue weighted by atomic mass is 10.1. The molecule has 7 nitrogen and oxygen atoms in total. The van der Waals surface area contributed by atoms with Crippen LogP contribution in [0.3, 0.4) is 0 Å². The fraction of sp³-hybridized carbons (Fsp3) is 1.00. The van der Waals surface area contributed by atoms with E-state index < -0.39 is 31.2 Å². The molecule has 1 rings (SSSR count). The number of hydrogen-bond acceptors (Lipinski definition) is 7. The van der Waals surface area contributed by atoms with Crippen molar-refractivity contribution in [3.05, 3.63) is 0 Å². The highest BCUT2D eigenvalue weighted by atomic mass is 17.2. The standard InChI is InChI=1S/C8H17NO6/c9-2-1-3-13-8-7(12)6(11)5(4-10)14-15-8/h5-8,10-12H,1-4,9H2. The third kappa shape index (κ3) is 3.35. The molecule has 1 aliphatic heterocycles. The zero-order chi connectivity index (χ0) is 11.3. The summed E-state index contributed by atoms with van der Waals surface area (Å²) >= 11 is 0. The monoisotopic (exact) mass is 223 g/mol. The quantitative estimate of drug-likeness (QED) is 0.306. The fourth-order valence-corrected chi connectivity index (χ4v) is 1.17. The summed E-state index contributed by atoms with van der Waals surface area (Å²) in [6.07, 6.45) is -3.85. The molecule has 1 aliphatic rings. The molecule has 1 heterocycles. The van der Waals surface area contributed by atoms with E-state index in [4.69, 9.17) is 15.6 Å². The van der Waals surface area contributed by atoms with Crippen molar-refractivity contribution in [1.29, 1.82) is 0 Å². The topological polar surface area (TPSA) is 114 Å². The molecule has 0 aromatic carbocycles. The first-order valence-electron chi connectivity index (χ1n) is 4.81. The van der Waals surface area contributed by atoms with Gasteiger partial charge in [0, 0.05) is 0 Å². The summed E-state index contributed by atoms with van der Waals surface area (Å²) in [7, 11) is 0. The summed E-state index contributed by atoms with van der Waals surface area (Å²) in [6, 6.07) is 0. The summed E-state index contributed by atoms with van der Waals surface area (Å²) in [5, 5.41) is 27.7. The number of ether oxygens (including phenoxy) is 1. The van der Waals surface area contributed by atoms with Crippen LogP contribution >= 0.6 is 0 Å². The Morgan fingerprint density at radius 1 is 1.20 bits per heavy atom. The Morgan fingerprint density at radius 2 is 1.93 bits per heavy atom. The Hall–Kier alpha value is -0.280. The van der Waals surface area contributed by atoms with Gasteiger partial charge in [-0.1, -0.05) is 0 Å². The van der Waals surface area contributed by atoms with Crippen LogP contribution in [-0.4, -0.2) is 59.7 Å². The maximum Gasteiger partial charge on any atom is 0.220 e. The molecule has 0 radical (unpaired) electrons. The lowest BCUT2D eigenvalue weighted by Crippen LogP contribution is -2.54. The molecular weight excluding hydrogens is 206 g/mol. The van der Waals surface area contributed by atoms with Crippen molar-refractivity contribution in [2.45, 2.75) is 31.0 Å². The third-order valence-electron chi connectivity index (χ3n) is 2.09. The van der Waals surface area contributed by atoms with Gasteiger partial charge in [0.1, 0.15) is 18.3 Å². The van der Waals surface area contributed by atoms with Crippen molar-refractivity contribution in [3.63, 3.8) is 0 Å². The molecule has 1 fully saturated rings. The van der Waals surface area contributed by atoms with Crippen LogP contribution < -0.4 is 5.73 Å². The maximum absolute atomic E-state index is 9.52. The highest BCUT2D eigenvalue weighted by Gasteiger charge is 2.40. The van der Waals surface area contributed by atoms with Gasteiger partial charge in [-0.05, 0) is 13.0 Å².